The fourth-order valence-electron chi connectivity index (χ4n) is 1.69. The van der Waals surface area contributed by atoms with Crippen LogP contribution in [0, 0.1) is 0 Å². The Balaban J connectivity index is 0.000000956. The van der Waals surface area contributed by atoms with Crippen LogP contribution in [-0.2, 0) is 0 Å². The Morgan fingerprint density at radius 3 is 2.45 bits per heavy atom. The van der Waals surface area contributed by atoms with Gasteiger partial charge in [0.25, 0.3) is 5.24 Å². The summed E-state index contributed by atoms with van der Waals surface area (Å²) in [4.78, 5) is 23.2. The molecule has 0 aliphatic heterocycles. The molecular formula is C15H21N3OS. The Bertz CT molecular complexity index is 550. The zero-order valence-electron chi connectivity index (χ0n) is 12.5. The maximum atomic E-state index is 12.1. The summed E-state index contributed by atoms with van der Waals surface area (Å²) in [6, 6.07) is 5.70. The van der Waals surface area contributed by atoms with E-state index in [0.717, 1.165) is 29.0 Å². The van der Waals surface area contributed by atoms with Crippen LogP contribution in [0.2, 0.25) is 0 Å². The number of rotatable bonds is 3. The van der Waals surface area contributed by atoms with Gasteiger partial charge >= 0.3 is 0 Å². The minimum Gasteiger partial charge on any atom is -0.334 e. The first-order chi connectivity index (χ1) is 9.76. The number of nitrogens with zero attached hydrogens (tertiary/aromatic N) is 3. The second-order valence-corrected chi connectivity index (χ2v) is 4.71. The first kappa shape index (κ1) is 16.4. The Hall–Kier alpha value is -1.62. The number of fused-ring (bicyclic) bond motifs is 1. The van der Waals surface area contributed by atoms with Gasteiger partial charge < -0.3 is 4.90 Å². The van der Waals surface area contributed by atoms with Crippen molar-refractivity contribution in [2.45, 2.75) is 32.6 Å². The zero-order chi connectivity index (χ0) is 15.0. The number of thioether (sulfide) groups is 1. The predicted octanol–water partition coefficient (Wildman–Crippen LogP) is 4.21. The monoisotopic (exact) mass is 291 g/mol. The second kappa shape index (κ2) is 8.53. The lowest BCUT2D eigenvalue weighted by Crippen LogP contribution is -2.26. The molecule has 2 aromatic rings. The van der Waals surface area contributed by atoms with Crippen molar-refractivity contribution in [1.82, 2.24) is 14.9 Å². The van der Waals surface area contributed by atoms with E-state index in [1.807, 2.05) is 45.9 Å². The summed E-state index contributed by atoms with van der Waals surface area (Å²) in [7, 11) is 0. The van der Waals surface area contributed by atoms with Gasteiger partial charge in [-0.3, -0.25) is 14.8 Å². The topological polar surface area (TPSA) is 46.1 Å². The third-order valence-corrected chi connectivity index (χ3v) is 3.66. The van der Waals surface area contributed by atoms with Gasteiger partial charge in [0.1, 0.15) is 5.52 Å². The molecule has 0 saturated heterocycles. The Morgan fingerprint density at radius 1 is 1.15 bits per heavy atom. The quantitative estimate of drug-likeness (QED) is 0.795. The average Bonchev–Trinajstić information content (AvgIpc) is 2.51. The minimum absolute atomic E-state index is 0.0538. The van der Waals surface area contributed by atoms with E-state index >= 15 is 0 Å². The number of benzene rings is 1. The van der Waals surface area contributed by atoms with Crippen LogP contribution in [0.3, 0.4) is 0 Å². The highest BCUT2D eigenvalue weighted by Gasteiger charge is 2.13. The van der Waals surface area contributed by atoms with Crippen molar-refractivity contribution in [3.05, 3.63) is 30.6 Å². The van der Waals surface area contributed by atoms with Crippen molar-refractivity contribution in [2.24, 2.45) is 0 Å². The number of amides is 1. The smallest absolute Gasteiger partial charge is 0.286 e. The second-order valence-electron chi connectivity index (χ2n) is 3.72. The van der Waals surface area contributed by atoms with Crippen molar-refractivity contribution in [3.63, 3.8) is 0 Å². The molecule has 5 heteroatoms. The van der Waals surface area contributed by atoms with Gasteiger partial charge in [0.05, 0.1) is 5.52 Å². The molecule has 1 aromatic carbocycles. The van der Waals surface area contributed by atoms with Crippen LogP contribution in [0.5, 0.6) is 0 Å². The van der Waals surface area contributed by atoms with Crippen LogP contribution in [-0.4, -0.2) is 33.2 Å². The predicted molar refractivity (Wildman–Crippen MR) is 85.1 cm³/mol. The molecule has 0 aliphatic rings. The molecule has 4 nitrogen and oxygen atoms in total. The van der Waals surface area contributed by atoms with Gasteiger partial charge in [0, 0.05) is 30.4 Å². The summed E-state index contributed by atoms with van der Waals surface area (Å²) in [6.45, 7) is 9.40. The molecule has 0 radical (unpaired) electrons. The van der Waals surface area contributed by atoms with Gasteiger partial charge in [-0.05, 0) is 37.7 Å². The molecule has 0 N–H and O–H groups in total. The fourth-order valence-corrected chi connectivity index (χ4v) is 2.66. The van der Waals surface area contributed by atoms with E-state index in [-0.39, 0.29) is 5.24 Å². The van der Waals surface area contributed by atoms with E-state index in [1.54, 1.807) is 17.3 Å². The molecular weight excluding hydrogens is 270 g/mol. The summed E-state index contributed by atoms with van der Waals surface area (Å²) in [6.07, 6.45) is 3.30. The minimum atomic E-state index is 0.0538. The van der Waals surface area contributed by atoms with E-state index in [0.29, 0.717) is 0 Å². The number of para-hydroxylation sites is 1. The van der Waals surface area contributed by atoms with Crippen LogP contribution in [0.15, 0.2) is 35.5 Å². The molecule has 0 unspecified atom stereocenters. The van der Waals surface area contributed by atoms with Gasteiger partial charge in [0.2, 0.25) is 0 Å². The number of carbonyl (C=O) groups excluding carboxylic acids is 1. The van der Waals surface area contributed by atoms with Gasteiger partial charge in [-0.1, -0.05) is 19.9 Å². The fraction of sp³-hybridized carbons (Fsp3) is 0.400. The number of carbonyl (C=O) groups is 1. The van der Waals surface area contributed by atoms with Crippen LogP contribution >= 0.6 is 11.8 Å². The third kappa shape index (κ3) is 3.93. The summed E-state index contributed by atoms with van der Waals surface area (Å²) in [5.74, 6) is 0. The normalized spacial score (nSPS) is 9.80. The molecule has 0 aliphatic carbocycles. The molecule has 0 saturated carbocycles. The van der Waals surface area contributed by atoms with Crippen LogP contribution in [0.1, 0.15) is 27.7 Å². The lowest BCUT2D eigenvalue weighted by molar-refractivity contribution is 0.228. The highest BCUT2D eigenvalue weighted by Crippen LogP contribution is 2.27. The van der Waals surface area contributed by atoms with Gasteiger partial charge in [0.15, 0.2) is 0 Å². The summed E-state index contributed by atoms with van der Waals surface area (Å²) < 4.78 is 0. The highest BCUT2D eigenvalue weighted by atomic mass is 32.2. The Kier molecular flexibility index (Phi) is 7.01. The van der Waals surface area contributed by atoms with E-state index < -0.39 is 0 Å². The van der Waals surface area contributed by atoms with Crippen molar-refractivity contribution < 1.29 is 4.79 Å². The molecule has 0 fully saturated rings. The van der Waals surface area contributed by atoms with Gasteiger partial charge in [-0.2, -0.15) is 0 Å². The molecule has 108 valence electrons. The molecule has 0 atom stereocenters. The first-order valence-electron chi connectivity index (χ1n) is 6.92. The molecule has 1 aromatic heterocycles. The van der Waals surface area contributed by atoms with Gasteiger partial charge in [-0.25, -0.2) is 0 Å². The Labute approximate surface area is 124 Å². The number of hydrogen-bond donors (Lipinski definition) is 0. The maximum Gasteiger partial charge on any atom is 0.286 e. The number of aromatic nitrogens is 2. The summed E-state index contributed by atoms with van der Waals surface area (Å²) in [5.41, 5.74) is 1.60. The molecule has 0 bridgehead atoms. The van der Waals surface area contributed by atoms with Crippen LogP contribution < -0.4 is 0 Å². The van der Waals surface area contributed by atoms with Crippen molar-refractivity contribution in [2.75, 3.05) is 13.1 Å². The molecule has 0 spiro atoms. The SMILES string of the molecule is CC.CCN(CC)C(=O)Sc1cccc2nccnc12. The standard InChI is InChI=1S/C13H15N3OS.C2H6/c1-3-16(4-2)13(17)18-11-7-5-6-10-12(11)15-9-8-14-10;1-2/h5-9H,3-4H2,1-2H3;1-2H3. The van der Waals surface area contributed by atoms with Gasteiger partial charge in [-0.15, -0.1) is 0 Å². The first-order valence-corrected chi connectivity index (χ1v) is 7.74. The maximum absolute atomic E-state index is 12.1. The Morgan fingerprint density at radius 2 is 1.80 bits per heavy atom. The lowest BCUT2D eigenvalue weighted by Gasteiger charge is -2.17. The van der Waals surface area contributed by atoms with Crippen LogP contribution in [0.25, 0.3) is 11.0 Å². The molecule has 1 amide bonds. The lowest BCUT2D eigenvalue weighted by atomic mass is 10.3. The molecule has 1 heterocycles. The van der Waals surface area contributed by atoms with Crippen molar-refractivity contribution in [3.8, 4) is 0 Å². The van der Waals surface area contributed by atoms with E-state index in [4.69, 9.17) is 0 Å². The average molecular weight is 291 g/mol. The zero-order valence-corrected chi connectivity index (χ0v) is 13.3. The van der Waals surface area contributed by atoms with Crippen LogP contribution in [0.4, 0.5) is 4.79 Å². The van der Waals surface area contributed by atoms with E-state index in [2.05, 4.69) is 9.97 Å². The number of hydrogen-bond acceptors (Lipinski definition) is 4. The summed E-state index contributed by atoms with van der Waals surface area (Å²) >= 11 is 1.21. The van der Waals surface area contributed by atoms with Crippen molar-refractivity contribution in [1.29, 1.82) is 0 Å². The third-order valence-electron chi connectivity index (χ3n) is 2.68. The van der Waals surface area contributed by atoms with E-state index in [1.165, 1.54) is 11.8 Å². The van der Waals surface area contributed by atoms with E-state index in [9.17, 15) is 4.79 Å². The molecule has 20 heavy (non-hydrogen) atoms. The largest absolute Gasteiger partial charge is 0.334 e. The highest BCUT2D eigenvalue weighted by molar-refractivity contribution is 8.13. The van der Waals surface area contributed by atoms with Crippen molar-refractivity contribution >= 4 is 28.0 Å². The molecule has 2 rings (SSSR count). The summed E-state index contributed by atoms with van der Waals surface area (Å²) in [5, 5.41) is 0.0538.